The Morgan fingerprint density at radius 3 is 2.79 bits per heavy atom. The van der Waals surface area contributed by atoms with Gasteiger partial charge in [-0.1, -0.05) is 5.16 Å². The van der Waals surface area contributed by atoms with Gasteiger partial charge in [-0.2, -0.15) is 9.29 Å². The molecule has 4 rings (SSSR count). The number of hydrogen-bond donors (Lipinski definition) is 0. The first kappa shape index (κ1) is 19.5. The highest BCUT2D eigenvalue weighted by Crippen LogP contribution is 2.27. The molecule has 0 aliphatic carbocycles. The second-order valence-corrected chi connectivity index (χ2v) is 8.95. The minimum absolute atomic E-state index is 0.135. The third-order valence-corrected chi connectivity index (χ3v) is 6.91. The number of sulfonamides is 1. The van der Waals surface area contributed by atoms with Crippen molar-refractivity contribution in [2.24, 2.45) is 5.92 Å². The lowest BCUT2D eigenvalue weighted by molar-refractivity contribution is 0.261. The van der Waals surface area contributed by atoms with Crippen LogP contribution in [0.5, 0.6) is 5.75 Å². The van der Waals surface area contributed by atoms with Crippen molar-refractivity contribution in [3.05, 3.63) is 54.6 Å². The van der Waals surface area contributed by atoms with E-state index in [9.17, 15) is 8.42 Å². The van der Waals surface area contributed by atoms with Gasteiger partial charge in [0.1, 0.15) is 5.75 Å². The minimum Gasteiger partial charge on any atom is -0.497 e. The SMILES string of the molecule is COc1ccc(S(=O)(=O)N2CCCC(Cc3noc(-c4cccnc4)n3)C2)cc1. The predicted octanol–water partition coefficient (Wildman–Crippen LogP) is 2.78. The number of rotatable bonds is 6. The van der Waals surface area contributed by atoms with Gasteiger partial charge in [0.05, 0.1) is 17.6 Å². The van der Waals surface area contributed by atoms with Crippen LogP contribution in [0.2, 0.25) is 0 Å². The summed E-state index contributed by atoms with van der Waals surface area (Å²) in [6.45, 7) is 0.948. The van der Waals surface area contributed by atoms with Crippen LogP contribution in [0.4, 0.5) is 0 Å². The van der Waals surface area contributed by atoms with Crippen LogP contribution in [0.25, 0.3) is 11.5 Å². The normalized spacial score (nSPS) is 17.9. The number of piperidine rings is 1. The summed E-state index contributed by atoms with van der Waals surface area (Å²) >= 11 is 0. The topological polar surface area (TPSA) is 98.4 Å². The van der Waals surface area contributed by atoms with E-state index in [2.05, 4.69) is 15.1 Å². The number of ether oxygens (including phenoxy) is 1. The molecule has 1 fully saturated rings. The van der Waals surface area contributed by atoms with Gasteiger partial charge in [0.2, 0.25) is 10.0 Å². The fourth-order valence-electron chi connectivity index (χ4n) is 3.51. The first-order valence-electron chi connectivity index (χ1n) is 9.43. The Labute approximate surface area is 169 Å². The molecule has 0 N–H and O–H groups in total. The molecule has 1 saturated heterocycles. The Kier molecular flexibility index (Phi) is 5.59. The van der Waals surface area contributed by atoms with E-state index in [1.165, 1.54) is 0 Å². The van der Waals surface area contributed by atoms with Crippen LogP contribution in [-0.2, 0) is 16.4 Å². The molecule has 1 aliphatic rings. The van der Waals surface area contributed by atoms with Crippen LogP contribution in [0.1, 0.15) is 18.7 Å². The van der Waals surface area contributed by atoms with E-state index in [0.29, 0.717) is 37.0 Å². The molecule has 0 bridgehead atoms. The number of methoxy groups -OCH3 is 1. The van der Waals surface area contributed by atoms with E-state index in [1.54, 1.807) is 48.1 Å². The van der Waals surface area contributed by atoms with Crippen molar-refractivity contribution in [2.75, 3.05) is 20.2 Å². The second kappa shape index (κ2) is 8.30. The molecule has 3 aromatic rings. The summed E-state index contributed by atoms with van der Waals surface area (Å²) in [4.78, 5) is 8.77. The lowest BCUT2D eigenvalue weighted by Crippen LogP contribution is -2.40. The molecule has 29 heavy (non-hydrogen) atoms. The summed E-state index contributed by atoms with van der Waals surface area (Å²) in [7, 11) is -1.99. The largest absolute Gasteiger partial charge is 0.497 e. The molecule has 3 heterocycles. The molecule has 152 valence electrons. The van der Waals surface area contributed by atoms with Gasteiger partial charge in [0, 0.05) is 31.9 Å². The maximum Gasteiger partial charge on any atom is 0.259 e. The highest BCUT2D eigenvalue weighted by atomic mass is 32.2. The van der Waals surface area contributed by atoms with Crippen molar-refractivity contribution in [3.8, 4) is 17.2 Å². The molecule has 9 heteroatoms. The molecule has 1 unspecified atom stereocenters. The van der Waals surface area contributed by atoms with Crippen molar-refractivity contribution in [3.63, 3.8) is 0 Å². The van der Waals surface area contributed by atoms with Crippen LogP contribution in [0, 0.1) is 5.92 Å². The lowest BCUT2D eigenvalue weighted by Gasteiger charge is -2.31. The van der Waals surface area contributed by atoms with Gasteiger partial charge in [0.15, 0.2) is 5.82 Å². The number of benzene rings is 1. The average Bonchev–Trinajstić information content (AvgIpc) is 3.23. The van der Waals surface area contributed by atoms with Crippen LogP contribution in [-0.4, -0.2) is 48.0 Å². The molecule has 0 radical (unpaired) electrons. The predicted molar refractivity (Wildman–Crippen MR) is 106 cm³/mol. The summed E-state index contributed by atoms with van der Waals surface area (Å²) in [6, 6.07) is 10.1. The first-order valence-corrected chi connectivity index (χ1v) is 10.9. The highest BCUT2D eigenvalue weighted by Gasteiger charge is 2.31. The van der Waals surface area contributed by atoms with Crippen LogP contribution in [0.15, 0.2) is 58.2 Å². The van der Waals surface area contributed by atoms with Gasteiger partial charge in [-0.05, 0) is 55.2 Å². The van der Waals surface area contributed by atoms with Gasteiger partial charge in [-0.3, -0.25) is 4.98 Å². The zero-order chi connectivity index (χ0) is 20.3. The van der Waals surface area contributed by atoms with Gasteiger partial charge in [-0.15, -0.1) is 0 Å². The summed E-state index contributed by atoms with van der Waals surface area (Å²) in [5, 5.41) is 4.06. The smallest absolute Gasteiger partial charge is 0.259 e. The molecule has 1 aromatic carbocycles. The third-order valence-electron chi connectivity index (χ3n) is 5.03. The monoisotopic (exact) mass is 414 g/mol. The van der Waals surface area contributed by atoms with Gasteiger partial charge >= 0.3 is 0 Å². The quantitative estimate of drug-likeness (QED) is 0.611. The van der Waals surface area contributed by atoms with E-state index >= 15 is 0 Å². The van der Waals surface area contributed by atoms with E-state index in [4.69, 9.17) is 9.26 Å². The van der Waals surface area contributed by atoms with Crippen molar-refractivity contribution in [1.29, 1.82) is 0 Å². The van der Waals surface area contributed by atoms with Crippen molar-refractivity contribution in [1.82, 2.24) is 19.4 Å². The lowest BCUT2D eigenvalue weighted by atomic mass is 9.96. The fraction of sp³-hybridized carbons (Fsp3) is 0.350. The highest BCUT2D eigenvalue weighted by molar-refractivity contribution is 7.89. The Morgan fingerprint density at radius 2 is 2.07 bits per heavy atom. The zero-order valence-electron chi connectivity index (χ0n) is 16.1. The second-order valence-electron chi connectivity index (χ2n) is 7.01. The molecule has 2 aromatic heterocycles. The van der Waals surface area contributed by atoms with E-state index < -0.39 is 10.0 Å². The van der Waals surface area contributed by atoms with Gasteiger partial charge in [0.25, 0.3) is 5.89 Å². The van der Waals surface area contributed by atoms with E-state index in [1.807, 2.05) is 12.1 Å². The summed E-state index contributed by atoms with van der Waals surface area (Å²) in [5.41, 5.74) is 0.763. The number of aromatic nitrogens is 3. The van der Waals surface area contributed by atoms with E-state index in [-0.39, 0.29) is 10.8 Å². The molecular weight excluding hydrogens is 392 g/mol. The molecular formula is C20H22N4O4S. The molecule has 1 atom stereocenters. The summed E-state index contributed by atoms with van der Waals surface area (Å²) < 4.78 is 38.0. The third kappa shape index (κ3) is 4.30. The van der Waals surface area contributed by atoms with Crippen molar-refractivity contribution >= 4 is 10.0 Å². The zero-order valence-corrected chi connectivity index (χ0v) is 16.9. The van der Waals surface area contributed by atoms with Gasteiger partial charge < -0.3 is 9.26 Å². The summed E-state index contributed by atoms with van der Waals surface area (Å²) in [6.07, 6.45) is 5.64. The first-order chi connectivity index (χ1) is 14.1. The van der Waals surface area contributed by atoms with Gasteiger partial charge in [-0.25, -0.2) is 8.42 Å². The van der Waals surface area contributed by atoms with Crippen LogP contribution < -0.4 is 4.74 Å². The Morgan fingerprint density at radius 1 is 1.24 bits per heavy atom. The maximum atomic E-state index is 13.0. The number of nitrogens with zero attached hydrogens (tertiary/aromatic N) is 4. The standard InChI is InChI=1S/C20H22N4O4S/c1-27-17-6-8-18(9-7-17)29(25,26)24-11-3-4-15(14-24)12-19-22-20(28-23-19)16-5-2-10-21-13-16/h2,5-10,13,15H,3-4,11-12,14H2,1H3. The molecule has 0 spiro atoms. The number of hydrogen-bond acceptors (Lipinski definition) is 7. The fourth-order valence-corrected chi connectivity index (χ4v) is 5.06. The van der Waals surface area contributed by atoms with Crippen molar-refractivity contribution < 1.29 is 17.7 Å². The van der Waals surface area contributed by atoms with E-state index in [0.717, 1.165) is 18.4 Å². The van der Waals surface area contributed by atoms with Crippen LogP contribution >= 0.6 is 0 Å². The van der Waals surface area contributed by atoms with Crippen LogP contribution in [0.3, 0.4) is 0 Å². The average molecular weight is 414 g/mol. The number of pyridine rings is 1. The molecule has 0 amide bonds. The Balaban J connectivity index is 1.45. The minimum atomic E-state index is -3.54. The Hall–Kier alpha value is -2.78. The summed E-state index contributed by atoms with van der Waals surface area (Å²) in [5.74, 6) is 1.77. The Bertz CT molecular complexity index is 1050. The molecule has 0 saturated carbocycles. The molecule has 8 nitrogen and oxygen atoms in total. The van der Waals surface area contributed by atoms with Crippen molar-refractivity contribution in [2.45, 2.75) is 24.2 Å². The maximum absolute atomic E-state index is 13.0. The molecule has 1 aliphatic heterocycles.